The normalized spacial score (nSPS) is 40.4. The van der Waals surface area contributed by atoms with E-state index in [1.165, 1.54) is 6.42 Å². The molecule has 0 aromatic carbocycles. The summed E-state index contributed by atoms with van der Waals surface area (Å²) in [4.78, 5) is 11.7. The summed E-state index contributed by atoms with van der Waals surface area (Å²) in [6.45, 7) is 0. The van der Waals surface area contributed by atoms with Gasteiger partial charge in [0.25, 0.3) is 10.1 Å². The molecule has 0 amide bonds. The van der Waals surface area contributed by atoms with Crippen molar-refractivity contribution in [1.29, 1.82) is 0 Å². The van der Waals surface area contributed by atoms with Gasteiger partial charge in [0.15, 0.2) is 0 Å². The predicted molar refractivity (Wildman–Crippen MR) is 68.0 cm³/mol. The van der Waals surface area contributed by atoms with E-state index in [2.05, 4.69) is 0 Å². The third-order valence-corrected chi connectivity index (χ3v) is 5.69. The van der Waals surface area contributed by atoms with Gasteiger partial charge in [-0.1, -0.05) is 0 Å². The highest BCUT2D eigenvalue weighted by molar-refractivity contribution is 7.85. The van der Waals surface area contributed by atoms with E-state index in [4.69, 9.17) is 9.29 Å². The Bertz CT molecular complexity index is 441. The van der Waals surface area contributed by atoms with Gasteiger partial charge in [-0.2, -0.15) is 8.42 Å². The van der Waals surface area contributed by atoms with Crippen molar-refractivity contribution in [2.24, 2.45) is 23.7 Å². The summed E-state index contributed by atoms with van der Waals surface area (Å²) in [6, 6.07) is 0. The maximum Gasteiger partial charge on any atom is 0.307 e. The molecule has 4 rings (SSSR count). The summed E-state index contributed by atoms with van der Waals surface area (Å²) in [5.74, 6) is 1.55. The van der Waals surface area contributed by atoms with E-state index in [-0.39, 0.29) is 12.5 Å². The first kappa shape index (κ1) is 13.4. The molecule has 4 aliphatic carbocycles. The van der Waals surface area contributed by atoms with Crippen LogP contribution in [0.15, 0.2) is 0 Å². The molecule has 0 saturated heterocycles. The van der Waals surface area contributed by atoms with Crippen LogP contribution >= 0.6 is 0 Å². The van der Waals surface area contributed by atoms with Gasteiger partial charge in [-0.25, -0.2) is 0 Å². The molecule has 6 heteroatoms. The fourth-order valence-electron chi connectivity index (χ4n) is 4.49. The lowest BCUT2D eigenvalue weighted by molar-refractivity contribution is -0.170. The maximum absolute atomic E-state index is 11.7. The van der Waals surface area contributed by atoms with Gasteiger partial charge in [0.1, 0.15) is 6.10 Å². The molecule has 19 heavy (non-hydrogen) atoms. The van der Waals surface area contributed by atoms with Gasteiger partial charge in [-0.15, -0.1) is 0 Å². The molecular formula is C13H20O5S. The van der Waals surface area contributed by atoms with Crippen LogP contribution in [-0.4, -0.2) is 30.8 Å². The van der Waals surface area contributed by atoms with Gasteiger partial charge in [-0.05, 0) is 55.8 Å². The minimum absolute atomic E-state index is 0.0123. The molecule has 4 bridgehead atoms. The molecule has 4 aliphatic rings. The SMILES string of the molecule is O=C(CCS(=O)(=O)O)OC1C2CC3CC(C2)CC1C3. The number of carbonyl (C=O) groups is 1. The third-order valence-electron chi connectivity index (χ3n) is 4.97. The molecule has 0 aliphatic heterocycles. The number of rotatable bonds is 4. The molecule has 0 aromatic rings. The first-order valence-electron chi connectivity index (χ1n) is 7.05. The van der Waals surface area contributed by atoms with Gasteiger partial charge >= 0.3 is 5.97 Å². The van der Waals surface area contributed by atoms with E-state index in [0.29, 0.717) is 11.8 Å². The Hall–Kier alpha value is -0.620. The highest BCUT2D eigenvalue weighted by atomic mass is 32.2. The van der Waals surface area contributed by atoms with Gasteiger partial charge in [0.2, 0.25) is 0 Å². The van der Waals surface area contributed by atoms with Crippen molar-refractivity contribution in [1.82, 2.24) is 0 Å². The molecule has 1 N–H and O–H groups in total. The van der Waals surface area contributed by atoms with Crippen molar-refractivity contribution in [2.45, 2.75) is 44.6 Å². The van der Waals surface area contributed by atoms with Crippen LogP contribution in [0.4, 0.5) is 0 Å². The standard InChI is InChI=1S/C13H20O5S/c14-12(1-2-19(15,16)17)18-13-10-4-8-3-9(6-10)7-11(13)5-8/h8-11,13H,1-7H2,(H,15,16,17). The Morgan fingerprint density at radius 3 is 2.05 bits per heavy atom. The van der Waals surface area contributed by atoms with Gasteiger partial charge < -0.3 is 4.74 Å². The summed E-state index contributed by atoms with van der Waals surface area (Å²) < 4.78 is 35.4. The Labute approximate surface area is 113 Å². The van der Waals surface area contributed by atoms with Crippen LogP contribution in [0.25, 0.3) is 0 Å². The number of esters is 1. The van der Waals surface area contributed by atoms with E-state index >= 15 is 0 Å². The van der Waals surface area contributed by atoms with Gasteiger partial charge in [0.05, 0.1) is 12.2 Å². The molecule has 0 spiro atoms. The monoisotopic (exact) mass is 288 g/mol. The minimum atomic E-state index is -4.08. The van der Waals surface area contributed by atoms with E-state index < -0.39 is 21.8 Å². The Balaban J connectivity index is 1.57. The second-order valence-corrected chi connectivity index (χ2v) is 7.99. The van der Waals surface area contributed by atoms with E-state index in [1.54, 1.807) is 0 Å². The molecule has 0 atom stereocenters. The van der Waals surface area contributed by atoms with Crippen LogP contribution in [0, 0.1) is 23.7 Å². The number of hydrogen-bond acceptors (Lipinski definition) is 4. The lowest BCUT2D eigenvalue weighted by Gasteiger charge is -2.53. The quantitative estimate of drug-likeness (QED) is 0.628. The second kappa shape index (κ2) is 4.74. The van der Waals surface area contributed by atoms with Crippen LogP contribution < -0.4 is 0 Å². The highest BCUT2D eigenvalue weighted by Gasteiger charge is 2.49. The van der Waals surface area contributed by atoms with Crippen molar-refractivity contribution in [2.75, 3.05) is 5.75 Å². The zero-order chi connectivity index (χ0) is 13.6. The Morgan fingerprint density at radius 2 is 1.58 bits per heavy atom. The van der Waals surface area contributed by atoms with Crippen LogP contribution in [0.3, 0.4) is 0 Å². The molecule has 108 valence electrons. The summed E-state index contributed by atoms with van der Waals surface area (Å²) in [6.07, 6.45) is 5.71. The van der Waals surface area contributed by atoms with Gasteiger partial charge in [0, 0.05) is 0 Å². The fraction of sp³-hybridized carbons (Fsp3) is 0.923. The smallest absolute Gasteiger partial charge is 0.307 e. The Morgan fingerprint density at radius 1 is 1.05 bits per heavy atom. The Kier molecular flexibility index (Phi) is 3.33. The lowest BCUT2D eigenvalue weighted by Crippen LogP contribution is -2.50. The third kappa shape index (κ3) is 2.94. The van der Waals surface area contributed by atoms with Crippen molar-refractivity contribution >= 4 is 16.1 Å². The number of ether oxygens (including phenoxy) is 1. The minimum Gasteiger partial charge on any atom is -0.462 e. The fourth-order valence-corrected chi connectivity index (χ4v) is 4.92. The van der Waals surface area contributed by atoms with Crippen molar-refractivity contribution < 1.29 is 22.5 Å². The molecule has 0 radical (unpaired) electrons. The summed E-state index contributed by atoms with van der Waals surface area (Å²) in [7, 11) is -4.08. The topological polar surface area (TPSA) is 80.7 Å². The molecule has 4 saturated carbocycles. The van der Waals surface area contributed by atoms with E-state index in [0.717, 1.165) is 37.5 Å². The average Bonchev–Trinajstić information content (AvgIpc) is 2.29. The highest BCUT2D eigenvalue weighted by Crippen LogP contribution is 2.54. The van der Waals surface area contributed by atoms with Crippen LogP contribution in [0.1, 0.15) is 38.5 Å². The molecule has 0 heterocycles. The maximum atomic E-state index is 11.7. The lowest BCUT2D eigenvalue weighted by atomic mass is 9.55. The predicted octanol–water partition coefficient (Wildman–Crippen LogP) is 1.63. The first-order valence-corrected chi connectivity index (χ1v) is 8.66. The summed E-state index contributed by atoms with van der Waals surface area (Å²) >= 11 is 0. The molecule has 0 unspecified atom stereocenters. The van der Waals surface area contributed by atoms with Crippen molar-refractivity contribution in [3.05, 3.63) is 0 Å². The largest absolute Gasteiger partial charge is 0.462 e. The number of carbonyl (C=O) groups excluding carboxylic acids is 1. The first-order chi connectivity index (χ1) is 8.90. The van der Waals surface area contributed by atoms with Crippen LogP contribution in [0.5, 0.6) is 0 Å². The summed E-state index contributed by atoms with van der Waals surface area (Å²) in [5.41, 5.74) is 0. The zero-order valence-corrected chi connectivity index (χ0v) is 11.6. The molecule has 4 fully saturated rings. The van der Waals surface area contributed by atoms with Crippen LogP contribution in [0.2, 0.25) is 0 Å². The number of hydrogen-bond donors (Lipinski definition) is 1. The van der Waals surface area contributed by atoms with E-state index in [9.17, 15) is 13.2 Å². The zero-order valence-electron chi connectivity index (χ0n) is 10.8. The molecular weight excluding hydrogens is 268 g/mol. The average molecular weight is 288 g/mol. The second-order valence-electron chi connectivity index (χ2n) is 6.42. The van der Waals surface area contributed by atoms with Crippen molar-refractivity contribution in [3.8, 4) is 0 Å². The van der Waals surface area contributed by atoms with Gasteiger partial charge in [-0.3, -0.25) is 9.35 Å². The molecule has 0 aromatic heterocycles. The van der Waals surface area contributed by atoms with E-state index in [1.807, 2.05) is 0 Å². The summed E-state index contributed by atoms with van der Waals surface area (Å²) in [5, 5.41) is 0. The van der Waals surface area contributed by atoms with Crippen molar-refractivity contribution in [3.63, 3.8) is 0 Å². The van der Waals surface area contributed by atoms with Crippen LogP contribution in [-0.2, 0) is 19.6 Å². The molecule has 5 nitrogen and oxygen atoms in total.